The first-order valence-electron chi connectivity index (χ1n) is 21.6. The minimum absolute atomic E-state index is 0.0387. The van der Waals surface area contributed by atoms with Crippen LogP contribution in [0, 0.1) is 0 Å². The maximum atomic E-state index is 11.0. The second-order valence-electron chi connectivity index (χ2n) is 14.3. The molecule has 0 saturated carbocycles. The van der Waals surface area contributed by atoms with Gasteiger partial charge >= 0.3 is 23.9 Å². The van der Waals surface area contributed by atoms with Crippen molar-refractivity contribution < 1.29 is 54.6 Å². The second-order valence-corrected chi connectivity index (χ2v) is 18.3. The van der Waals surface area contributed by atoms with Gasteiger partial charge in [0.25, 0.3) is 0 Å². The smallest absolute Gasteiger partial charge is 0.328 e. The van der Waals surface area contributed by atoms with E-state index in [0.717, 1.165) is 34.1 Å². The first-order valence-corrected chi connectivity index (χ1v) is 27.2. The number of nitrogens with zero attached hydrogens (tertiary/aromatic N) is 4. The number of carbonyl (C=O) groups is 4. The number of aliphatic imine (C=N–C) groups is 4. The lowest BCUT2D eigenvalue weighted by Crippen LogP contribution is -2.18. The lowest BCUT2D eigenvalue weighted by molar-refractivity contribution is -0.139. The molecule has 378 valence electrons. The van der Waals surface area contributed by atoms with E-state index >= 15 is 0 Å². The number of rotatable bonds is 26. The molecule has 0 aliphatic carbocycles. The number of aromatic hydroxyl groups is 2. The Kier molecular flexibility index (Phi) is 34.4. The summed E-state index contributed by atoms with van der Waals surface area (Å²) >= 11 is 6.43. The number of hydrogen-bond acceptors (Lipinski definition) is 15. The highest BCUT2D eigenvalue weighted by Gasteiger charge is 2.17. The molecule has 0 heterocycles. The Hall–Kier alpha value is -6.02. The Labute approximate surface area is 427 Å². The van der Waals surface area contributed by atoms with E-state index in [1.54, 1.807) is 102 Å². The number of phenolic OH excluding ortho intramolecular Hbond substituents is 2. The van der Waals surface area contributed by atoms with Crippen LogP contribution in [0.3, 0.4) is 0 Å². The standard InChI is InChI=1S/C14H17NO2S.C13H17NO4S.C12H15NO3S.C12H15NO2S/c1-18-11-9-13(14(16)17)15-10-5-8-12-6-3-2-4-7-12;1-18-12-7-9(3-4-11(12)15)8-14-10(13(16)17)5-6-19-2;1-17-7-6-10(12(15)16)13-8-9-4-2-3-5-11(9)14;1-16-8-7-11(12(14)15)13-9-10-5-3-2-4-6-10/h2-8,10,13H,9,11H2,1H3,(H,16,17);3-4,7-8,10,15H,5-6H2,1-2H3,(H,16,17);2-5,8,10,14H,6-7H2,1H3,(H,15,16);2-6,9,11H,7-8H2,1H3,(H,14,15)/b8-5+,15-10?;;;. The Bertz CT molecular complexity index is 2270. The fraction of sp³-hybridized carbons (Fsp3) is 0.333. The number of carboxylic acids is 4. The molecule has 0 aromatic heterocycles. The molecule has 0 amide bonds. The maximum absolute atomic E-state index is 11.0. The molecule has 4 rings (SSSR count). The highest BCUT2D eigenvalue weighted by atomic mass is 32.2. The van der Waals surface area contributed by atoms with Gasteiger partial charge in [-0.1, -0.05) is 78.9 Å². The van der Waals surface area contributed by atoms with Crippen molar-refractivity contribution in [2.24, 2.45) is 20.0 Å². The summed E-state index contributed by atoms with van der Waals surface area (Å²) in [5.41, 5.74) is 3.21. The molecule has 0 spiro atoms. The van der Waals surface area contributed by atoms with Crippen molar-refractivity contribution >= 4 is 102 Å². The number of benzene rings is 4. The number of thioether (sulfide) groups is 4. The van der Waals surface area contributed by atoms with Gasteiger partial charge in [-0.2, -0.15) is 47.0 Å². The maximum Gasteiger partial charge on any atom is 0.328 e. The van der Waals surface area contributed by atoms with E-state index < -0.39 is 48.0 Å². The SMILES string of the molecule is COc1cc(C=NC(CCSC)C(=O)O)ccc1O.CSCCC(N=C/C=C/c1ccccc1)C(=O)O.CSCCC(N=Cc1ccccc1)C(=O)O.CSCCC(N=Cc1ccccc1O)C(=O)O. The van der Waals surface area contributed by atoms with Crippen molar-refractivity contribution in [2.45, 2.75) is 49.9 Å². The molecule has 19 heteroatoms. The molecule has 4 atom stereocenters. The van der Waals surface area contributed by atoms with E-state index in [9.17, 15) is 29.4 Å². The Balaban J connectivity index is 0.000000468. The molecule has 0 saturated heterocycles. The Morgan fingerprint density at radius 1 is 0.500 bits per heavy atom. The molecule has 15 nitrogen and oxygen atoms in total. The van der Waals surface area contributed by atoms with Crippen LogP contribution in [0.15, 0.2) is 129 Å². The van der Waals surface area contributed by atoms with Gasteiger partial charge in [0.1, 0.15) is 29.9 Å². The summed E-state index contributed by atoms with van der Waals surface area (Å²) < 4.78 is 4.97. The molecule has 4 unspecified atom stereocenters. The highest BCUT2D eigenvalue weighted by Crippen LogP contribution is 2.25. The second kappa shape index (κ2) is 38.8. The Morgan fingerprint density at radius 2 is 0.900 bits per heavy atom. The van der Waals surface area contributed by atoms with E-state index in [-0.39, 0.29) is 11.5 Å². The van der Waals surface area contributed by atoms with Crippen LogP contribution in [-0.4, -0.2) is 159 Å². The zero-order chi connectivity index (χ0) is 51.9. The molecular formula is C51H64N4O11S4. The van der Waals surface area contributed by atoms with Crippen molar-refractivity contribution in [3.63, 3.8) is 0 Å². The molecule has 0 bridgehead atoms. The summed E-state index contributed by atoms with van der Waals surface area (Å²) in [4.78, 5) is 60.0. The first kappa shape index (κ1) is 62.0. The number of allylic oxidation sites excluding steroid dienone is 1. The number of aliphatic carboxylic acids is 4. The van der Waals surface area contributed by atoms with E-state index in [1.807, 2.05) is 91.8 Å². The van der Waals surface area contributed by atoms with Crippen molar-refractivity contribution in [2.75, 3.05) is 55.1 Å². The summed E-state index contributed by atoms with van der Waals surface area (Å²) in [5, 5.41) is 54.9. The van der Waals surface area contributed by atoms with Crippen molar-refractivity contribution in [3.8, 4) is 17.2 Å². The van der Waals surface area contributed by atoms with Crippen molar-refractivity contribution in [1.29, 1.82) is 0 Å². The third-order valence-corrected chi connectivity index (χ3v) is 11.7. The molecule has 0 fully saturated rings. The van der Waals surface area contributed by atoms with Crippen LogP contribution in [0.4, 0.5) is 0 Å². The molecular weight excluding hydrogens is 973 g/mol. The van der Waals surface area contributed by atoms with Gasteiger partial charge in [-0.15, -0.1) is 0 Å². The van der Waals surface area contributed by atoms with Crippen molar-refractivity contribution in [1.82, 2.24) is 0 Å². The third-order valence-electron chi connectivity index (χ3n) is 9.10. The number of para-hydroxylation sites is 1. The van der Waals surface area contributed by atoms with Gasteiger partial charge < -0.3 is 35.4 Å². The van der Waals surface area contributed by atoms with Crippen LogP contribution in [-0.2, 0) is 19.2 Å². The zero-order valence-electron chi connectivity index (χ0n) is 39.9. The normalized spacial score (nSPS) is 12.8. The number of ether oxygens (including phenoxy) is 1. The predicted octanol–water partition coefficient (Wildman–Crippen LogP) is 9.33. The average Bonchev–Trinajstić information content (AvgIpc) is 3.35. The lowest BCUT2D eigenvalue weighted by Gasteiger charge is -2.06. The van der Waals surface area contributed by atoms with Gasteiger partial charge in [0, 0.05) is 30.4 Å². The summed E-state index contributed by atoms with van der Waals surface area (Å²) in [6.07, 6.45) is 19.6. The molecule has 70 heavy (non-hydrogen) atoms. The third kappa shape index (κ3) is 28.5. The summed E-state index contributed by atoms with van der Waals surface area (Å²) in [6, 6.07) is 28.0. The van der Waals surface area contributed by atoms with Crippen LogP contribution < -0.4 is 4.74 Å². The molecule has 4 aromatic carbocycles. The predicted molar refractivity (Wildman–Crippen MR) is 294 cm³/mol. The summed E-state index contributed by atoms with van der Waals surface area (Å²) in [5.74, 6) is -0.0272. The van der Waals surface area contributed by atoms with E-state index in [4.69, 9.17) is 25.2 Å². The van der Waals surface area contributed by atoms with Crippen molar-refractivity contribution in [3.05, 3.63) is 131 Å². The van der Waals surface area contributed by atoms with E-state index in [2.05, 4.69) is 20.0 Å². The van der Waals surface area contributed by atoms with E-state index in [0.29, 0.717) is 42.6 Å². The quantitative estimate of drug-likeness (QED) is 0.0321. The summed E-state index contributed by atoms with van der Waals surface area (Å²) in [6.45, 7) is 0. The first-order chi connectivity index (χ1) is 33.7. The van der Waals surface area contributed by atoms with Gasteiger partial charge in [-0.3, -0.25) is 20.0 Å². The molecule has 6 N–H and O–H groups in total. The Morgan fingerprint density at radius 3 is 1.33 bits per heavy atom. The average molecular weight is 1040 g/mol. The highest BCUT2D eigenvalue weighted by molar-refractivity contribution is 7.99. The van der Waals surface area contributed by atoms with Gasteiger partial charge in [-0.05, 0) is 127 Å². The summed E-state index contributed by atoms with van der Waals surface area (Å²) in [7, 11) is 1.45. The zero-order valence-corrected chi connectivity index (χ0v) is 43.2. The number of carboxylic acid groups (broad SMARTS) is 4. The molecule has 0 radical (unpaired) electrons. The number of hydrogen-bond donors (Lipinski definition) is 6. The van der Waals surface area contributed by atoms with Gasteiger partial charge in [0.05, 0.1) is 7.11 Å². The topological polar surface area (TPSA) is 248 Å². The molecule has 0 aliphatic heterocycles. The monoisotopic (exact) mass is 1040 g/mol. The minimum atomic E-state index is -0.939. The van der Waals surface area contributed by atoms with Crippen LogP contribution in [0.2, 0.25) is 0 Å². The molecule has 4 aromatic rings. The van der Waals surface area contributed by atoms with Crippen LogP contribution in [0.1, 0.15) is 47.9 Å². The van der Waals surface area contributed by atoms with Crippen LogP contribution >= 0.6 is 47.0 Å². The lowest BCUT2D eigenvalue weighted by atomic mass is 10.2. The van der Waals surface area contributed by atoms with Crippen LogP contribution in [0.5, 0.6) is 17.2 Å². The number of methoxy groups -OCH3 is 1. The van der Waals surface area contributed by atoms with Gasteiger partial charge in [-0.25, -0.2) is 19.2 Å². The fourth-order valence-electron chi connectivity index (χ4n) is 5.27. The minimum Gasteiger partial charge on any atom is -0.507 e. The van der Waals surface area contributed by atoms with Crippen LogP contribution in [0.25, 0.3) is 6.08 Å². The largest absolute Gasteiger partial charge is 0.507 e. The number of phenols is 2. The van der Waals surface area contributed by atoms with E-state index in [1.165, 1.54) is 25.6 Å². The fourth-order valence-corrected chi connectivity index (χ4v) is 7.11. The van der Waals surface area contributed by atoms with Gasteiger partial charge in [0.15, 0.2) is 11.5 Å². The van der Waals surface area contributed by atoms with Gasteiger partial charge in [0.2, 0.25) is 0 Å². The molecule has 0 aliphatic rings.